The first-order valence-corrected chi connectivity index (χ1v) is 10.6. The van der Waals surface area contributed by atoms with E-state index in [0.717, 1.165) is 36.6 Å². The maximum absolute atomic E-state index is 14.1. The number of halogens is 2. The van der Waals surface area contributed by atoms with Gasteiger partial charge in [-0.2, -0.15) is 5.10 Å². The Bertz CT molecular complexity index is 1090. The third kappa shape index (κ3) is 4.35. The minimum Gasteiger partial charge on any atom is -0.356 e. The molecule has 0 aliphatic carbocycles. The Hall–Kier alpha value is -2.81. The molecule has 4 rings (SSSR count). The van der Waals surface area contributed by atoms with E-state index in [2.05, 4.69) is 41.2 Å². The number of benzene rings is 1. The predicted octanol–water partition coefficient (Wildman–Crippen LogP) is 4.04. The monoisotopic (exact) mass is 472 g/mol. The number of hydrogen-bond donors (Lipinski definition) is 1. The van der Waals surface area contributed by atoms with Crippen LogP contribution in [0.3, 0.4) is 0 Å². The number of aromatic nitrogens is 4. The van der Waals surface area contributed by atoms with Crippen LogP contribution in [0.25, 0.3) is 5.82 Å². The van der Waals surface area contributed by atoms with Crippen LogP contribution in [0.2, 0.25) is 0 Å². The topological polar surface area (TPSA) is 75.9 Å². The number of amides is 1. The summed E-state index contributed by atoms with van der Waals surface area (Å²) in [6.45, 7) is 5.22. The van der Waals surface area contributed by atoms with Gasteiger partial charge in [-0.25, -0.2) is 19.0 Å². The van der Waals surface area contributed by atoms with Crippen LogP contribution < -0.4 is 10.2 Å². The third-order valence-corrected chi connectivity index (χ3v) is 5.66. The van der Waals surface area contributed by atoms with Crippen LogP contribution in [-0.4, -0.2) is 38.7 Å². The highest BCUT2D eigenvalue weighted by Gasteiger charge is 2.27. The summed E-state index contributed by atoms with van der Waals surface area (Å²) < 4.78 is 16.5. The lowest BCUT2D eigenvalue weighted by Gasteiger charge is -2.33. The second-order valence-electron chi connectivity index (χ2n) is 7.47. The summed E-state index contributed by atoms with van der Waals surface area (Å²) in [5, 5.41) is 7.19. The number of hydrogen-bond acceptors (Lipinski definition) is 5. The largest absolute Gasteiger partial charge is 0.356 e. The van der Waals surface area contributed by atoms with Crippen molar-refractivity contribution in [1.82, 2.24) is 19.7 Å². The van der Waals surface area contributed by atoms with Gasteiger partial charge in [0.25, 0.3) is 0 Å². The minimum atomic E-state index is -0.462. The van der Waals surface area contributed by atoms with Crippen LogP contribution in [-0.2, 0) is 4.79 Å². The van der Waals surface area contributed by atoms with Crippen LogP contribution in [0.5, 0.6) is 0 Å². The molecule has 1 aromatic carbocycles. The molecule has 7 nitrogen and oxygen atoms in total. The van der Waals surface area contributed by atoms with Gasteiger partial charge in [0.15, 0.2) is 5.82 Å². The van der Waals surface area contributed by atoms with E-state index >= 15 is 0 Å². The Labute approximate surface area is 182 Å². The number of piperidine rings is 1. The zero-order chi connectivity index (χ0) is 21.3. The van der Waals surface area contributed by atoms with Crippen molar-refractivity contribution in [2.24, 2.45) is 5.92 Å². The number of aryl methyl sites for hydroxylation is 2. The van der Waals surface area contributed by atoms with Crippen LogP contribution in [0.15, 0.2) is 41.1 Å². The highest BCUT2D eigenvalue weighted by molar-refractivity contribution is 9.10. The molecule has 3 heterocycles. The molecular weight excluding hydrogens is 451 g/mol. The minimum absolute atomic E-state index is 0.186. The van der Waals surface area contributed by atoms with E-state index in [0.29, 0.717) is 16.8 Å². The highest BCUT2D eigenvalue weighted by Crippen LogP contribution is 2.25. The van der Waals surface area contributed by atoms with E-state index in [9.17, 15) is 9.18 Å². The molecule has 1 unspecified atom stereocenters. The molecule has 3 aromatic rings. The average Bonchev–Trinajstić information content (AvgIpc) is 3.08. The average molecular weight is 473 g/mol. The summed E-state index contributed by atoms with van der Waals surface area (Å²) in [5.74, 6) is 0.535. The second-order valence-corrected chi connectivity index (χ2v) is 8.39. The molecule has 1 saturated heterocycles. The van der Waals surface area contributed by atoms with Gasteiger partial charge in [-0.05, 0) is 51.0 Å². The molecular formula is C21H22BrFN6O. The summed E-state index contributed by atoms with van der Waals surface area (Å²) in [6.07, 6.45) is 3.11. The van der Waals surface area contributed by atoms with Crippen molar-refractivity contribution < 1.29 is 9.18 Å². The number of nitrogens with one attached hydrogen (secondary N) is 1. The molecule has 156 valence electrons. The number of rotatable bonds is 4. The first-order valence-electron chi connectivity index (χ1n) is 9.77. The molecule has 1 N–H and O–H groups in total. The molecule has 0 radical (unpaired) electrons. The quantitative estimate of drug-likeness (QED) is 0.619. The molecule has 0 saturated carbocycles. The van der Waals surface area contributed by atoms with Gasteiger partial charge in [-0.3, -0.25) is 4.79 Å². The molecule has 1 aliphatic heterocycles. The molecule has 0 bridgehead atoms. The van der Waals surface area contributed by atoms with Crippen LogP contribution in [0, 0.1) is 25.6 Å². The first-order chi connectivity index (χ1) is 14.4. The van der Waals surface area contributed by atoms with Gasteiger partial charge in [0.2, 0.25) is 5.91 Å². The van der Waals surface area contributed by atoms with E-state index in [1.807, 2.05) is 26.0 Å². The first kappa shape index (κ1) is 20.5. The van der Waals surface area contributed by atoms with Gasteiger partial charge >= 0.3 is 0 Å². The zero-order valence-corrected chi connectivity index (χ0v) is 18.4. The van der Waals surface area contributed by atoms with Crippen LogP contribution in [0.4, 0.5) is 15.9 Å². The van der Waals surface area contributed by atoms with E-state index in [1.54, 1.807) is 16.8 Å². The van der Waals surface area contributed by atoms with Crippen molar-refractivity contribution in [3.05, 3.63) is 58.3 Å². The molecule has 0 spiro atoms. The fourth-order valence-electron chi connectivity index (χ4n) is 3.71. The lowest BCUT2D eigenvalue weighted by Crippen LogP contribution is -2.41. The number of anilines is 2. The number of carbonyl (C=O) groups excluding carboxylic acids is 1. The summed E-state index contributed by atoms with van der Waals surface area (Å²) >= 11 is 3.22. The molecule has 1 atom stereocenters. The second kappa shape index (κ2) is 8.51. The van der Waals surface area contributed by atoms with Gasteiger partial charge in [-0.15, -0.1) is 0 Å². The summed E-state index contributed by atoms with van der Waals surface area (Å²) in [4.78, 5) is 23.6. The molecule has 2 aromatic heterocycles. The van der Waals surface area contributed by atoms with Crippen molar-refractivity contribution in [3.63, 3.8) is 0 Å². The van der Waals surface area contributed by atoms with Crippen molar-refractivity contribution in [3.8, 4) is 5.82 Å². The number of carbonyl (C=O) groups is 1. The third-order valence-electron chi connectivity index (χ3n) is 5.17. The van der Waals surface area contributed by atoms with Gasteiger partial charge in [-0.1, -0.05) is 15.9 Å². The molecule has 30 heavy (non-hydrogen) atoms. The summed E-state index contributed by atoms with van der Waals surface area (Å²) in [6, 6.07) is 8.47. The van der Waals surface area contributed by atoms with Crippen LogP contribution >= 0.6 is 15.9 Å². The Morgan fingerprint density at radius 2 is 2.00 bits per heavy atom. The lowest BCUT2D eigenvalue weighted by atomic mass is 9.97. The molecule has 9 heteroatoms. The van der Waals surface area contributed by atoms with Crippen LogP contribution in [0.1, 0.15) is 24.2 Å². The van der Waals surface area contributed by atoms with Gasteiger partial charge < -0.3 is 10.2 Å². The SMILES string of the molecule is Cc1cc(C)n(-c2cc(N3CCCC(C(=O)Nc4ccc(Br)cc4F)C3)ncn2)n1. The number of nitrogens with zero attached hydrogens (tertiary/aromatic N) is 5. The Morgan fingerprint density at radius 1 is 1.20 bits per heavy atom. The maximum atomic E-state index is 14.1. The van der Waals surface area contributed by atoms with Gasteiger partial charge in [0, 0.05) is 29.3 Å². The fourth-order valence-corrected chi connectivity index (χ4v) is 4.04. The van der Waals surface area contributed by atoms with E-state index in [-0.39, 0.29) is 17.5 Å². The summed E-state index contributed by atoms with van der Waals surface area (Å²) in [5.41, 5.74) is 2.10. The fraction of sp³-hybridized carbons (Fsp3) is 0.333. The lowest BCUT2D eigenvalue weighted by molar-refractivity contribution is -0.120. The Kier molecular flexibility index (Phi) is 5.80. The maximum Gasteiger partial charge on any atom is 0.229 e. The molecule has 1 aliphatic rings. The highest BCUT2D eigenvalue weighted by atomic mass is 79.9. The molecule has 1 amide bonds. The van der Waals surface area contributed by atoms with E-state index < -0.39 is 5.82 Å². The Balaban J connectivity index is 1.49. The molecule has 1 fully saturated rings. The van der Waals surface area contributed by atoms with Gasteiger partial charge in [0.1, 0.15) is 18.0 Å². The van der Waals surface area contributed by atoms with Crippen molar-refractivity contribution >= 4 is 33.3 Å². The van der Waals surface area contributed by atoms with Gasteiger partial charge in [0.05, 0.1) is 17.3 Å². The Morgan fingerprint density at radius 3 is 2.73 bits per heavy atom. The van der Waals surface area contributed by atoms with E-state index in [4.69, 9.17) is 0 Å². The smallest absolute Gasteiger partial charge is 0.229 e. The normalized spacial score (nSPS) is 16.5. The van der Waals surface area contributed by atoms with Crippen molar-refractivity contribution in [2.75, 3.05) is 23.3 Å². The zero-order valence-electron chi connectivity index (χ0n) is 16.8. The van der Waals surface area contributed by atoms with Crippen molar-refractivity contribution in [1.29, 1.82) is 0 Å². The van der Waals surface area contributed by atoms with Crippen molar-refractivity contribution in [2.45, 2.75) is 26.7 Å². The standard InChI is InChI=1S/C21H22BrFN6O/c1-13-8-14(2)29(27-13)20-10-19(24-12-25-20)28-7-3-4-15(11-28)21(30)26-18-6-5-16(22)9-17(18)23/h5-6,8-10,12,15H,3-4,7,11H2,1-2H3,(H,26,30). The predicted molar refractivity (Wildman–Crippen MR) is 116 cm³/mol. The van der Waals surface area contributed by atoms with E-state index in [1.165, 1.54) is 12.4 Å². The summed E-state index contributed by atoms with van der Waals surface area (Å²) in [7, 11) is 0.